The number of esters is 1. The minimum atomic E-state index is -3.53. The smallest absolute Gasteiger partial charge is 0.354 e. The zero-order chi connectivity index (χ0) is 18.2. The van der Waals surface area contributed by atoms with Crippen LogP contribution in [-0.4, -0.2) is 42.3 Å². The van der Waals surface area contributed by atoms with Crippen molar-refractivity contribution in [1.82, 2.24) is 14.5 Å². The van der Waals surface area contributed by atoms with Crippen molar-refractivity contribution in [3.05, 3.63) is 53.6 Å². The molecule has 0 fully saturated rings. The van der Waals surface area contributed by atoms with Crippen molar-refractivity contribution in [3.8, 4) is 0 Å². The summed E-state index contributed by atoms with van der Waals surface area (Å²) in [5, 5.41) is -0.185. The van der Waals surface area contributed by atoms with Gasteiger partial charge in [0.05, 0.1) is 13.3 Å². The Labute approximate surface area is 143 Å². The first-order valence-electron chi connectivity index (χ1n) is 7.18. The summed E-state index contributed by atoms with van der Waals surface area (Å²) in [5.74, 6) is -0.977. The van der Waals surface area contributed by atoms with E-state index in [1.54, 1.807) is 16.7 Å². The first-order valence-corrected chi connectivity index (χ1v) is 9.08. The van der Waals surface area contributed by atoms with Gasteiger partial charge in [0.15, 0.2) is 20.5 Å². The number of carbonyl (C=O) groups is 1. The third-order valence-electron chi connectivity index (χ3n) is 3.61. The van der Waals surface area contributed by atoms with Gasteiger partial charge in [0.25, 0.3) is 0 Å². The molecular formula is C16H14FN3O4S. The highest BCUT2D eigenvalue weighted by atomic mass is 32.2. The van der Waals surface area contributed by atoms with Gasteiger partial charge < -0.3 is 9.30 Å². The van der Waals surface area contributed by atoms with Crippen LogP contribution >= 0.6 is 0 Å². The molecule has 0 atom stereocenters. The van der Waals surface area contributed by atoms with E-state index in [1.807, 2.05) is 0 Å². The number of ether oxygens (including phenoxy) is 1. The molecule has 0 saturated carbocycles. The summed E-state index contributed by atoms with van der Waals surface area (Å²) in [7, 11) is -2.29. The topological polar surface area (TPSA) is 91.2 Å². The normalized spacial score (nSPS) is 11.6. The van der Waals surface area contributed by atoms with Gasteiger partial charge >= 0.3 is 5.97 Å². The van der Waals surface area contributed by atoms with Gasteiger partial charge in [-0.2, -0.15) is 0 Å². The van der Waals surface area contributed by atoms with Crippen molar-refractivity contribution in [2.24, 2.45) is 0 Å². The van der Waals surface area contributed by atoms with Crippen LogP contribution in [0.1, 0.15) is 16.1 Å². The van der Waals surface area contributed by atoms with Crippen LogP contribution in [0, 0.1) is 5.82 Å². The second-order valence-electron chi connectivity index (χ2n) is 5.42. The van der Waals surface area contributed by atoms with Gasteiger partial charge in [-0.25, -0.2) is 27.6 Å². The van der Waals surface area contributed by atoms with Gasteiger partial charge in [0, 0.05) is 12.8 Å². The highest BCUT2D eigenvalue weighted by Crippen LogP contribution is 2.20. The Morgan fingerprint density at radius 3 is 2.56 bits per heavy atom. The number of carbonyl (C=O) groups excluding carboxylic acids is 1. The van der Waals surface area contributed by atoms with E-state index in [0.717, 1.165) is 18.0 Å². The molecule has 0 amide bonds. The summed E-state index contributed by atoms with van der Waals surface area (Å²) < 4.78 is 42.7. The lowest BCUT2D eigenvalue weighted by Gasteiger charge is -2.09. The maximum Gasteiger partial charge on any atom is 0.354 e. The number of nitrogens with zero attached hydrogens (tertiary/aromatic N) is 3. The molecule has 0 bridgehead atoms. The van der Waals surface area contributed by atoms with Gasteiger partial charge in [-0.1, -0.05) is 12.1 Å². The molecule has 3 rings (SSSR count). The van der Waals surface area contributed by atoms with Gasteiger partial charge in [0.2, 0.25) is 0 Å². The monoisotopic (exact) mass is 363 g/mol. The van der Waals surface area contributed by atoms with Crippen LogP contribution < -0.4 is 0 Å². The van der Waals surface area contributed by atoms with Crippen LogP contribution in [0.4, 0.5) is 4.39 Å². The highest BCUT2D eigenvalue weighted by molar-refractivity contribution is 7.90. The van der Waals surface area contributed by atoms with Gasteiger partial charge in [-0.05, 0) is 23.8 Å². The number of hydrogen-bond donors (Lipinski definition) is 0. The summed E-state index contributed by atoms with van der Waals surface area (Å²) in [4.78, 5) is 20.3. The molecule has 0 aliphatic rings. The van der Waals surface area contributed by atoms with E-state index < -0.39 is 15.8 Å². The maximum atomic E-state index is 13.1. The summed E-state index contributed by atoms with van der Waals surface area (Å²) in [6, 6.07) is 7.21. The van der Waals surface area contributed by atoms with Crippen molar-refractivity contribution in [1.29, 1.82) is 0 Å². The van der Waals surface area contributed by atoms with Crippen LogP contribution in [0.5, 0.6) is 0 Å². The third kappa shape index (κ3) is 3.36. The van der Waals surface area contributed by atoms with Crippen molar-refractivity contribution >= 4 is 27.0 Å². The third-order valence-corrected chi connectivity index (χ3v) is 4.56. The second-order valence-corrected chi connectivity index (χ2v) is 7.39. The van der Waals surface area contributed by atoms with Gasteiger partial charge in [0.1, 0.15) is 17.0 Å². The number of rotatable bonds is 4. The molecule has 9 heteroatoms. The van der Waals surface area contributed by atoms with Crippen molar-refractivity contribution < 1.29 is 22.3 Å². The van der Waals surface area contributed by atoms with E-state index in [0.29, 0.717) is 5.65 Å². The molecule has 0 unspecified atom stereocenters. The Morgan fingerprint density at radius 1 is 1.28 bits per heavy atom. The predicted octanol–water partition coefficient (Wildman–Crippen LogP) is 1.81. The zero-order valence-electron chi connectivity index (χ0n) is 13.4. The van der Waals surface area contributed by atoms with Crippen molar-refractivity contribution in [3.63, 3.8) is 0 Å². The quantitative estimate of drug-likeness (QED) is 0.657. The number of fused-ring (bicyclic) bond motifs is 1. The molecule has 2 aromatic heterocycles. The Balaban J connectivity index is 2.16. The lowest BCUT2D eigenvalue weighted by Crippen LogP contribution is -2.12. The minimum Gasteiger partial charge on any atom is -0.464 e. The van der Waals surface area contributed by atoms with E-state index in [1.165, 1.54) is 25.3 Å². The zero-order valence-corrected chi connectivity index (χ0v) is 14.2. The summed E-state index contributed by atoms with van der Waals surface area (Å²) in [5.41, 5.74) is 1.49. The molecule has 2 heterocycles. The molecule has 3 aromatic rings. The molecule has 0 saturated heterocycles. The van der Waals surface area contributed by atoms with Gasteiger partial charge in [-0.15, -0.1) is 0 Å². The largest absolute Gasteiger partial charge is 0.464 e. The fraction of sp³-hybridized carbons (Fsp3) is 0.188. The maximum absolute atomic E-state index is 13.1. The first kappa shape index (κ1) is 17.0. The lowest BCUT2D eigenvalue weighted by atomic mass is 10.2. The fourth-order valence-corrected chi connectivity index (χ4v) is 2.90. The fourth-order valence-electron chi connectivity index (χ4n) is 2.39. The molecule has 0 radical (unpaired) electrons. The van der Waals surface area contributed by atoms with E-state index in [4.69, 9.17) is 4.74 Å². The van der Waals surface area contributed by atoms with E-state index in [2.05, 4.69) is 9.97 Å². The Morgan fingerprint density at radius 2 is 1.96 bits per heavy atom. The Kier molecular flexibility index (Phi) is 4.25. The standard InChI is InChI=1S/C16H14FN3O4S/c1-24-16(21)13-7-12-15(18-8-14(19-12)25(2,22)23)20(13)9-10-3-5-11(17)6-4-10/h3-8H,9H2,1-2H3. The summed E-state index contributed by atoms with van der Waals surface area (Å²) in [6.07, 6.45) is 2.17. The summed E-state index contributed by atoms with van der Waals surface area (Å²) >= 11 is 0. The highest BCUT2D eigenvalue weighted by Gasteiger charge is 2.20. The van der Waals surface area contributed by atoms with Crippen LogP contribution in [0.25, 0.3) is 11.2 Å². The van der Waals surface area contributed by atoms with Crippen molar-refractivity contribution in [2.45, 2.75) is 11.6 Å². The number of aromatic nitrogens is 3. The molecule has 0 aliphatic heterocycles. The van der Waals surface area contributed by atoms with Crippen LogP contribution in [0.15, 0.2) is 41.6 Å². The average Bonchev–Trinajstić information content (AvgIpc) is 2.93. The predicted molar refractivity (Wildman–Crippen MR) is 87.5 cm³/mol. The molecule has 0 aliphatic carbocycles. The minimum absolute atomic E-state index is 0.174. The number of halogens is 1. The van der Waals surface area contributed by atoms with Crippen LogP contribution in [0.2, 0.25) is 0 Å². The number of hydrogen-bond acceptors (Lipinski definition) is 6. The lowest BCUT2D eigenvalue weighted by molar-refractivity contribution is 0.0589. The van der Waals surface area contributed by atoms with E-state index in [-0.39, 0.29) is 28.6 Å². The summed E-state index contributed by atoms with van der Waals surface area (Å²) in [6.45, 7) is 0.223. The SMILES string of the molecule is COC(=O)c1cc2nc(S(C)(=O)=O)cnc2n1Cc1ccc(F)cc1. The van der Waals surface area contributed by atoms with Crippen LogP contribution in [0.3, 0.4) is 0 Å². The molecule has 130 valence electrons. The number of methoxy groups -OCH3 is 1. The molecule has 25 heavy (non-hydrogen) atoms. The van der Waals surface area contributed by atoms with Crippen molar-refractivity contribution in [2.75, 3.05) is 13.4 Å². The molecule has 1 aromatic carbocycles. The van der Waals surface area contributed by atoms with E-state index >= 15 is 0 Å². The first-order chi connectivity index (χ1) is 11.8. The molecule has 0 N–H and O–H groups in total. The van der Waals surface area contributed by atoms with E-state index in [9.17, 15) is 17.6 Å². The Hall–Kier alpha value is -2.81. The Bertz CT molecular complexity index is 1060. The molecule has 7 nitrogen and oxygen atoms in total. The van der Waals surface area contributed by atoms with Crippen LogP contribution in [-0.2, 0) is 21.1 Å². The average molecular weight is 363 g/mol. The molecule has 0 spiro atoms. The second kappa shape index (κ2) is 6.25. The number of benzene rings is 1. The molecular weight excluding hydrogens is 349 g/mol. The van der Waals surface area contributed by atoms with Gasteiger partial charge in [-0.3, -0.25) is 0 Å². The number of sulfone groups is 1.